The van der Waals surface area contributed by atoms with Crippen molar-refractivity contribution in [3.63, 3.8) is 0 Å². The molecule has 0 radical (unpaired) electrons. The standard InChI is InChI=1S/C22H35N3O2/c1-17-14-25(15-18(2)27-17)16-20-4-6-21(7-5-20)22(26)23-11-8-19-9-12-24(3)13-10-19/h4-7,17-19H,8-16H2,1-3H3,(H,23,26). The molecule has 150 valence electrons. The van der Waals surface area contributed by atoms with E-state index in [0.717, 1.165) is 44.1 Å². The summed E-state index contributed by atoms with van der Waals surface area (Å²) in [6.07, 6.45) is 4.15. The van der Waals surface area contributed by atoms with Crippen LogP contribution in [0.15, 0.2) is 24.3 Å². The lowest BCUT2D eigenvalue weighted by Gasteiger charge is -2.35. The van der Waals surface area contributed by atoms with Crippen molar-refractivity contribution < 1.29 is 9.53 Å². The largest absolute Gasteiger partial charge is 0.373 e. The summed E-state index contributed by atoms with van der Waals surface area (Å²) >= 11 is 0. The number of benzene rings is 1. The molecule has 5 heteroatoms. The number of piperidine rings is 1. The van der Waals surface area contributed by atoms with Crippen molar-refractivity contribution in [3.8, 4) is 0 Å². The Kier molecular flexibility index (Phi) is 7.27. The van der Waals surface area contributed by atoms with Crippen LogP contribution in [0.2, 0.25) is 0 Å². The molecule has 27 heavy (non-hydrogen) atoms. The number of nitrogens with one attached hydrogen (secondary N) is 1. The van der Waals surface area contributed by atoms with Gasteiger partial charge in [-0.1, -0.05) is 12.1 Å². The van der Waals surface area contributed by atoms with Gasteiger partial charge >= 0.3 is 0 Å². The molecule has 2 heterocycles. The van der Waals surface area contributed by atoms with Crippen molar-refractivity contribution in [3.05, 3.63) is 35.4 Å². The van der Waals surface area contributed by atoms with Crippen molar-refractivity contribution in [2.45, 2.75) is 51.9 Å². The van der Waals surface area contributed by atoms with Gasteiger partial charge < -0.3 is 15.0 Å². The molecule has 5 nitrogen and oxygen atoms in total. The van der Waals surface area contributed by atoms with Crippen LogP contribution >= 0.6 is 0 Å². The molecule has 1 amide bonds. The van der Waals surface area contributed by atoms with E-state index in [-0.39, 0.29) is 18.1 Å². The van der Waals surface area contributed by atoms with Gasteiger partial charge in [0, 0.05) is 31.7 Å². The van der Waals surface area contributed by atoms with Crippen LogP contribution in [0.5, 0.6) is 0 Å². The van der Waals surface area contributed by atoms with Gasteiger partial charge in [0.05, 0.1) is 12.2 Å². The summed E-state index contributed by atoms with van der Waals surface area (Å²) in [5, 5.41) is 3.09. The maximum absolute atomic E-state index is 12.4. The quantitative estimate of drug-likeness (QED) is 0.833. The first kappa shape index (κ1) is 20.3. The zero-order chi connectivity index (χ0) is 19.2. The van der Waals surface area contributed by atoms with Crippen molar-refractivity contribution in [1.82, 2.24) is 15.1 Å². The summed E-state index contributed by atoms with van der Waals surface area (Å²) in [5.41, 5.74) is 2.00. The number of ether oxygens (including phenoxy) is 1. The molecule has 0 spiro atoms. The zero-order valence-electron chi connectivity index (χ0n) is 17.1. The average molecular weight is 374 g/mol. The molecule has 2 aliphatic rings. The van der Waals surface area contributed by atoms with E-state index >= 15 is 0 Å². The van der Waals surface area contributed by atoms with E-state index in [2.05, 4.69) is 48.1 Å². The van der Waals surface area contributed by atoms with Gasteiger partial charge in [-0.25, -0.2) is 0 Å². The maximum atomic E-state index is 12.4. The van der Waals surface area contributed by atoms with E-state index in [1.54, 1.807) is 0 Å². The first-order valence-electron chi connectivity index (χ1n) is 10.4. The average Bonchev–Trinajstić information content (AvgIpc) is 2.63. The van der Waals surface area contributed by atoms with Crippen LogP contribution < -0.4 is 5.32 Å². The van der Waals surface area contributed by atoms with Crippen LogP contribution in [-0.4, -0.2) is 67.7 Å². The minimum Gasteiger partial charge on any atom is -0.373 e. The van der Waals surface area contributed by atoms with E-state index in [4.69, 9.17) is 4.74 Å². The highest BCUT2D eigenvalue weighted by Crippen LogP contribution is 2.19. The Labute approximate surface area is 164 Å². The SMILES string of the molecule is CC1CN(Cc2ccc(C(=O)NCCC3CCN(C)CC3)cc2)CC(C)O1. The van der Waals surface area contributed by atoms with Gasteiger partial charge in [-0.2, -0.15) is 0 Å². The summed E-state index contributed by atoms with van der Waals surface area (Å²) in [4.78, 5) is 17.2. The van der Waals surface area contributed by atoms with Crippen molar-refractivity contribution >= 4 is 5.91 Å². The van der Waals surface area contributed by atoms with E-state index in [9.17, 15) is 4.79 Å². The van der Waals surface area contributed by atoms with Crippen molar-refractivity contribution in [2.24, 2.45) is 5.92 Å². The number of amides is 1. The molecule has 0 saturated carbocycles. The molecule has 3 rings (SSSR count). The predicted octanol–water partition coefficient (Wildman–Crippen LogP) is 2.76. The highest BCUT2D eigenvalue weighted by atomic mass is 16.5. The molecule has 2 fully saturated rings. The Morgan fingerprint density at radius 1 is 1.11 bits per heavy atom. The Morgan fingerprint density at radius 3 is 2.37 bits per heavy atom. The Balaban J connectivity index is 1.42. The summed E-state index contributed by atoms with van der Waals surface area (Å²) in [6, 6.07) is 8.06. The molecule has 1 aromatic carbocycles. The van der Waals surface area contributed by atoms with Crippen LogP contribution in [0.25, 0.3) is 0 Å². The topological polar surface area (TPSA) is 44.8 Å². The number of likely N-dealkylation sites (tertiary alicyclic amines) is 1. The Hall–Kier alpha value is -1.43. The van der Waals surface area contributed by atoms with Gasteiger partial charge in [0.15, 0.2) is 0 Å². The number of rotatable bonds is 6. The molecule has 2 aliphatic heterocycles. The predicted molar refractivity (Wildman–Crippen MR) is 109 cm³/mol. The first-order chi connectivity index (χ1) is 13.0. The number of morpholine rings is 1. The van der Waals surface area contributed by atoms with E-state index < -0.39 is 0 Å². The third-order valence-corrected chi connectivity index (χ3v) is 5.79. The summed E-state index contributed by atoms with van der Waals surface area (Å²) < 4.78 is 5.79. The van der Waals surface area contributed by atoms with Gasteiger partial charge in [0.1, 0.15) is 0 Å². The minimum absolute atomic E-state index is 0.0445. The molecule has 2 unspecified atom stereocenters. The van der Waals surface area contributed by atoms with Gasteiger partial charge in [0.2, 0.25) is 0 Å². The number of carbonyl (C=O) groups excluding carboxylic acids is 1. The second kappa shape index (κ2) is 9.67. The van der Waals surface area contributed by atoms with Crippen molar-refractivity contribution in [1.29, 1.82) is 0 Å². The van der Waals surface area contributed by atoms with Gasteiger partial charge in [-0.15, -0.1) is 0 Å². The molecule has 0 aromatic heterocycles. The van der Waals surface area contributed by atoms with Gasteiger partial charge in [0.25, 0.3) is 5.91 Å². The first-order valence-corrected chi connectivity index (χ1v) is 10.4. The third-order valence-electron chi connectivity index (χ3n) is 5.79. The summed E-state index contributed by atoms with van der Waals surface area (Å²) in [7, 11) is 2.18. The minimum atomic E-state index is 0.0445. The van der Waals surface area contributed by atoms with Crippen LogP contribution in [-0.2, 0) is 11.3 Å². The van der Waals surface area contributed by atoms with E-state index in [0.29, 0.717) is 0 Å². The lowest BCUT2D eigenvalue weighted by atomic mass is 9.94. The van der Waals surface area contributed by atoms with Crippen LogP contribution in [0.3, 0.4) is 0 Å². The third kappa shape index (κ3) is 6.30. The van der Waals surface area contributed by atoms with Gasteiger partial charge in [-0.05, 0) is 76.9 Å². The second-order valence-corrected chi connectivity index (χ2v) is 8.44. The smallest absolute Gasteiger partial charge is 0.251 e. The fourth-order valence-corrected chi connectivity index (χ4v) is 4.28. The number of carbonyl (C=O) groups is 1. The lowest BCUT2D eigenvalue weighted by Crippen LogP contribution is -2.44. The fraction of sp³-hybridized carbons (Fsp3) is 0.682. The number of hydrogen-bond acceptors (Lipinski definition) is 4. The molecule has 0 bridgehead atoms. The zero-order valence-corrected chi connectivity index (χ0v) is 17.1. The molecule has 0 aliphatic carbocycles. The van der Waals surface area contributed by atoms with Crippen LogP contribution in [0, 0.1) is 5.92 Å². The Morgan fingerprint density at radius 2 is 1.74 bits per heavy atom. The molecule has 1 aromatic rings. The number of nitrogens with zero attached hydrogens (tertiary/aromatic N) is 2. The molecular formula is C22H35N3O2. The molecule has 2 saturated heterocycles. The van der Waals surface area contributed by atoms with E-state index in [1.807, 2.05) is 12.1 Å². The van der Waals surface area contributed by atoms with Crippen LogP contribution in [0.1, 0.15) is 49.0 Å². The molecular weight excluding hydrogens is 338 g/mol. The highest BCUT2D eigenvalue weighted by molar-refractivity contribution is 5.94. The van der Waals surface area contributed by atoms with Gasteiger partial charge in [-0.3, -0.25) is 9.69 Å². The normalized spacial score (nSPS) is 25.4. The second-order valence-electron chi connectivity index (χ2n) is 8.44. The Bertz CT molecular complexity index is 586. The van der Waals surface area contributed by atoms with Crippen molar-refractivity contribution in [2.75, 3.05) is 39.8 Å². The maximum Gasteiger partial charge on any atom is 0.251 e. The molecule has 2 atom stereocenters. The number of hydrogen-bond donors (Lipinski definition) is 1. The summed E-state index contributed by atoms with van der Waals surface area (Å²) in [5.74, 6) is 0.797. The lowest BCUT2D eigenvalue weighted by molar-refractivity contribution is -0.0704. The van der Waals surface area contributed by atoms with Crippen LogP contribution in [0.4, 0.5) is 0 Å². The van der Waals surface area contributed by atoms with E-state index in [1.165, 1.54) is 31.5 Å². The summed E-state index contributed by atoms with van der Waals surface area (Å²) in [6.45, 7) is 10.2. The highest BCUT2D eigenvalue weighted by Gasteiger charge is 2.22. The fourth-order valence-electron chi connectivity index (χ4n) is 4.28. The molecule has 1 N–H and O–H groups in total. The monoisotopic (exact) mass is 373 g/mol.